The van der Waals surface area contributed by atoms with Crippen molar-refractivity contribution in [2.45, 2.75) is 25.7 Å². The molecule has 1 aromatic rings. The van der Waals surface area contributed by atoms with Gasteiger partial charge >= 0.3 is 0 Å². The third kappa shape index (κ3) is 3.97. The first-order valence-corrected chi connectivity index (χ1v) is 8.56. The van der Waals surface area contributed by atoms with Gasteiger partial charge in [-0.2, -0.15) is 0 Å². The first kappa shape index (κ1) is 17.4. The molecule has 1 aliphatic carbocycles. The van der Waals surface area contributed by atoms with Crippen LogP contribution in [0.2, 0.25) is 0 Å². The Morgan fingerprint density at radius 2 is 1.72 bits per heavy atom. The van der Waals surface area contributed by atoms with E-state index in [1.54, 1.807) is 0 Å². The van der Waals surface area contributed by atoms with Crippen LogP contribution in [0.15, 0.2) is 24.3 Å². The molecule has 25 heavy (non-hydrogen) atoms. The van der Waals surface area contributed by atoms with Crippen LogP contribution in [-0.4, -0.2) is 42.3 Å². The maximum absolute atomic E-state index is 12.8. The third-order valence-electron chi connectivity index (χ3n) is 4.74. The summed E-state index contributed by atoms with van der Waals surface area (Å²) in [5.41, 5.74) is 0. The van der Waals surface area contributed by atoms with Crippen LogP contribution in [-0.2, 0) is 14.4 Å². The molecular weight excluding hydrogens is 327 g/mol. The summed E-state index contributed by atoms with van der Waals surface area (Å²) in [4.78, 5) is 37.7. The summed E-state index contributed by atoms with van der Waals surface area (Å²) in [7, 11) is 0. The number of carbonyl (C=O) groups is 3. The largest absolute Gasteiger partial charge is 0.492 e. The molecule has 2 aliphatic rings. The Balaban J connectivity index is 1.42. The van der Waals surface area contributed by atoms with E-state index in [-0.39, 0.29) is 55.1 Å². The lowest BCUT2D eigenvalue weighted by atomic mass is 9.81. The van der Waals surface area contributed by atoms with Crippen LogP contribution in [0.25, 0.3) is 0 Å². The van der Waals surface area contributed by atoms with Crippen molar-refractivity contribution in [2.75, 3.05) is 19.7 Å². The molecule has 2 fully saturated rings. The normalized spacial score (nSPS) is 22.7. The summed E-state index contributed by atoms with van der Waals surface area (Å²) < 4.78 is 18.1. The van der Waals surface area contributed by atoms with Gasteiger partial charge in [0.25, 0.3) is 0 Å². The zero-order valence-corrected chi connectivity index (χ0v) is 13.9. The Kier molecular flexibility index (Phi) is 5.31. The van der Waals surface area contributed by atoms with Crippen LogP contribution < -0.4 is 10.1 Å². The fourth-order valence-electron chi connectivity index (χ4n) is 3.48. The summed E-state index contributed by atoms with van der Waals surface area (Å²) in [6, 6.07) is 5.58. The van der Waals surface area contributed by atoms with Crippen molar-refractivity contribution in [3.05, 3.63) is 30.1 Å². The molecule has 3 rings (SSSR count). The van der Waals surface area contributed by atoms with Gasteiger partial charge in [0.2, 0.25) is 17.7 Å². The van der Waals surface area contributed by atoms with E-state index in [4.69, 9.17) is 4.74 Å². The number of hydrogen-bond donors (Lipinski definition) is 1. The van der Waals surface area contributed by atoms with E-state index in [0.717, 1.165) is 30.6 Å². The predicted molar refractivity (Wildman–Crippen MR) is 87.1 cm³/mol. The second-order valence-corrected chi connectivity index (χ2v) is 6.41. The van der Waals surface area contributed by atoms with E-state index in [9.17, 15) is 18.8 Å². The van der Waals surface area contributed by atoms with E-state index < -0.39 is 0 Å². The van der Waals surface area contributed by atoms with E-state index in [0.29, 0.717) is 5.75 Å². The van der Waals surface area contributed by atoms with Gasteiger partial charge in [-0.1, -0.05) is 12.8 Å². The van der Waals surface area contributed by atoms with Crippen LogP contribution in [0.4, 0.5) is 4.39 Å². The van der Waals surface area contributed by atoms with Crippen LogP contribution >= 0.6 is 0 Å². The number of fused-ring (bicyclic) bond motifs is 1. The van der Waals surface area contributed by atoms with E-state index >= 15 is 0 Å². The molecule has 0 unspecified atom stereocenters. The number of ether oxygens (including phenoxy) is 1. The monoisotopic (exact) mass is 348 g/mol. The van der Waals surface area contributed by atoms with E-state index in [2.05, 4.69) is 5.32 Å². The molecule has 3 amide bonds. The summed E-state index contributed by atoms with van der Waals surface area (Å²) in [6.07, 6.45) is 3.39. The maximum Gasteiger partial charge on any atom is 0.240 e. The van der Waals surface area contributed by atoms with Gasteiger partial charge in [-0.05, 0) is 37.1 Å². The lowest BCUT2D eigenvalue weighted by Crippen LogP contribution is -2.42. The first-order valence-electron chi connectivity index (χ1n) is 8.56. The smallest absolute Gasteiger partial charge is 0.240 e. The molecule has 1 saturated carbocycles. The first-order chi connectivity index (χ1) is 12.1. The van der Waals surface area contributed by atoms with Crippen LogP contribution in [0, 0.1) is 17.7 Å². The quantitative estimate of drug-likeness (QED) is 0.624. The van der Waals surface area contributed by atoms with E-state index in [1.807, 2.05) is 0 Å². The Morgan fingerprint density at radius 3 is 2.32 bits per heavy atom. The van der Waals surface area contributed by atoms with Gasteiger partial charge in [0.05, 0.1) is 18.4 Å². The minimum Gasteiger partial charge on any atom is -0.492 e. The molecule has 0 aromatic heterocycles. The molecule has 0 bridgehead atoms. The highest BCUT2D eigenvalue weighted by molar-refractivity contribution is 6.07. The molecule has 1 saturated heterocycles. The lowest BCUT2D eigenvalue weighted by Gasteiger charge is -2.19. The summed E-state index contributed by atoms with van der Waals surface area (Å²) >= 11 is 0. The average molecular weight is 348 g/mol. The zero-order valence-electron chi connectivity index (χ0n) is 13.9. The second-order valence-electron chi connectivity index (χ2n) is 6.41. The van der Waals surface area contributed by atoms with Gasteiger partial charge in [-0.3, -0.25) is 19.3 Å². The van der Waals surface area contributed by atoms with Crippen LogP contribution in [0.3, 0.4) is 0 Å². The molecular formula is C18H21FN2O4. The topological polar surface area (TPSA) is 75.7 Å². The molecule has 0 spiro atoms. The highest BCUT2D eigenvalue weighted by Gasteiger charge is 2.48. The molecule has 1 aliphatic heterocycles. The van der Waals surface area contributed by atoms with Crippen molar-refractivity contribution in [3.63, 3.8) is 0 Å². The van der Waals surface area contributed by atoms with Crippen molar-refractivity contribution in [3.8, 4) is 5.75 Å². The molecule has 1 N–H and O–H groups in total. The summed E-state index contributed by atoms with van der Waals surface area (Å²) in [5, 5.41) is 2.63. The number of imide groups is 1. The number of halogens is 1. The van der Waals surface area contributed by atoms with Gasteiger partial charge in [-0.15, -0.1) is 0 Å². The maximum atomic E-state index is 12.8. The standard InChI is InChI=1S/C18H21FN2O4/c19-12-5-7-13(8-6-12)25-10-9-20-16(22)11-21-17(23)14-3-1-2-4-15(14)18(21)24/h5-8,14-15H,1-4,9-11H2,(H,20,22)/t14-,15-/m0/s1. The number of likely N-dealkylation sites (tertiary alicyclic amines) is 1. The Bertz CT molecular complexity index is 638. The van der Waals surface area contributed by atoms with Crippen molar-refractivity contribution in [1.82, 2.24) is 10.2 Å². The van der Waals surface area contributed by atoms with Gasteiger partial charge in [0, 0.05) is 0 Å². The van der Waals surface area contributed by atoms with E-state index in [1.165, 1.54) is 24.3 Å². The van der Waals surface area contributed by atoms with Crippen molar-refractivity contribution in [1.29, 1.82) is 0 Å². The average Bonchev–Trinajstić information content (AvgIpc) is 2.86. The minimum absolute atomic E-state index is 0.213. The Hall–Kier alpha value is -2.44. The zero-order chi connectivity index (χ0) is 17.8. The molecule has 2 atom stereocenters. The molecule has 7 heteroatoms. The number of nitrogens with one attached hydrogen (secondary N) is 1. The number of benzene rings is 1. The van der Waals surface area contributed by atoms with Crippen molar-refractivity contribution >= 4 is 17.7 Å². The van der Waals surface area contributed by atoms with Crippen molar-refractivity contribution < 1.29 is 23.5 Å². The second kappa shape index (κ2) is 7.63. The highest BCUT2D eigenvalue weighted by atomic mass is 19.1. The minimum atomic E-state index is -0.386. The lowest BCUT2D eigenvalue weighted by molar-refractivity contribution is -0.143. The fourth-order valence-corrected chi connectivity index (χ4v) is 3.48. The molecule has 1 heterocycles. The summed E-state index contributed by atoms with van der Waals surface area (Å²) in [6.45, 7) is 0.213. The molecule has 134 valence electrons. The summed E-state index contributed by atoms with van der Waals surface area (Å²) in [5.74, 6) is -1.14. The fraction of sp³-hybridized carbons (Fsp3) is 0.500. The number of hydrogen-bond acceptors (Lipinski definition) is 4. The number of nitrogens with zero attached hydrogens (tertiary/aromatic N) is 1. The van der Waals surface area contributed by atoms with Gasteiger partial charge in [0.15, 0.2) is 0 Å². The molecule has 6 nitrogen and oxygen atoms in total. The van der Waals surface area contributed by atoms with Gasteiger partial charge in [-0.25, -0.2) is 4.39 Å². The van der Waals surface area contributed by atoms with Gasteiger partial charge in [0.1, 0.15) is 24.7 Å². The Labute approximate surface area is 145 Å². The number of amides is 3. The number of rotatable bonds is 6. The van der Waals surface area contributed by atoms with Crippen LogP contribution in [0.1, 0.15) is 25.7 Å². The highest BCUT2D eigenvalue weighted by Crippen LogP contribution is 2.37. The SMILES string of the molecule is O=C(CN1C(=O)[C@H]2CCCC[C@@H]2C1=O)NCCOc1ccc(F)cc1. The third-order valence-corrected chi connectivity index (χ3v) is 4.74. The van der Waals surface area contributed by atoms with Gasteiger partial charge < -0.3 is 10.1 Å². The number of carbonyl (C=O) groups excluding carboxylic acids is 3. The molecule has 0 radical (unpaired) electrons. The van der Waals surface area contributed by atoms with Crippen molar-refractivity contribution in [2.24, 2.45) is 11.8 Å². The molecule has 1 aromatic carbocycles. The Morgan fingerprint density at radius 1 is 1.12 bits per heavy atom. The predicted octanol–water partition coefficient (Wildman–Crippen LogP) is 1.50. The van der Waals surface area contributed by atoms with Crippen LogP contribution in [0.5, 0.6) is 5.75 Å².